The molecule has 7 heteroatoms. The Balaban J connectivity index is 1.42. The zero-order valence-electron chi connectivity index (χ0n) is 14.2. The Morgan fingerprint density at radius 3 is 2.85 bits per heavy atom. The van der Waals surface area contributed by atoms with Crippen LogP contribution in [0.2, 0.25) is 0 Å². The summed E-state index contributed by atoms with van der Waals surface area (Å²) in [7, 11) is 0. The monoisotopic (exact) mass is 394 g/mol. The molecule has 4 rings (SSSR count). The van der Waals surface area contributed by atoms with Crippen LogP contribution in [0.4, 0.5) is 5.00 Å². The van der Waals surface area contributed by atoms with Gasteiger partial charge in [0.05, 0.1) is 5.56 Å². The summed E-state index contributed by atoms with van der Waals surface area (Å²) in [5.41, 5.74) is 3.99. The van der Waals surface area contributed by atoms with Crippen molar-refractivity contribution in [3.63, 3.8) is 0 Å². The predicted octanol–water partition coefficient (Wildman–Crippen LogP) is 4.24. The van der Waals surface area contributed by atoms with Crippen molar-refractivity contribution in [2.24, 2.45) is 0 Å². The number of aryl methyl sites for hydroxylation is 2. The van der Waals surface area contributed by atoms with E-state index in [1.54, 1.807) is 11.4 Å². The number of anilines is 1. The lowest BCUT2D eigenvalue weighted by molar-refractivity contribution is -0.119. The molecule has 0 saturated carbocycles. The van der Waals surface area contributed by atoms with Crippen LogP contribution in [0, 0.1) is 11.3 Å². The van der Waals surface area contributed by atoms with Crippen molar-refractivity contribution in [1.29, 1.82) is 5.26 Å². The molecule has 1 aliphatic rings. The van der Waals surface area contributed by atoms with E-state index in [-0.39, 0.29) is 6.61 Å². The molecule has 0 fully saturated rings. The number of nitrogens with zero attached hydrogens (tertiary/aromatic N) is 1. The van der Waals surface area contributed by atoms with Crippen molar-refractivity contribution in [1.82, 2.24) is 0 Å². The van der Waals surface area contributed by atoms with Gasteiger partial charge in [0.2, 0.25) is 0 Å². The fourth-order valence-corrected chi connectivity index (χ4v) is 4.95. The van der Waals surface area contributed by atoms with Crippen LogP contribution in [-0.2, 0) is 22.4 Å². The van der Waals surface area contributed by atoms with Crippen LogP contribution >= 0.6 is 22.7 Å². The second kappa shape index (κ2) is 7.35. The average Bonchev–Trinajstić information content (AvgIpc) is 3.32. The summed E-state index contributed by atoms with van der Waals surface area (Å²) in [5.74, 6) is -0.970. The third kappa shape index (κ3) is 3.50. The molecule has 3 aromatic rings. The van der Waals surface area contributed by atoms with Crippen molar-refractivity contribution in [3.05, 3.63) is 63.3 Å². The number of thiophene rings is 2. The van der Waals surface area contributed by atoms with Crippen molar-refractivity contribution in [3.8, 4) is 16.5 Å². The Bertz CT molecular complexity index is 1080. The maximum Gasteiger partial charge on any atom is 0.348 e. The third-order valence-corrected chi connectivity index (χ3v) is 6.33. The Morgan fingerprint density at radius 2 is 2.00 bits per heavy atom. The normalized spacial score (nSPS) is 11.8. The molecule has 1 aromatic carbocycles. The number of carbonyl (C=O) groups is 2. The Kier molecular flexibility index (Phi) is 4.75. The number of nitriles is 1. The van der Waals surface area contributed by atoms with Crippen molar-refractivity contribution < 1.29 is 14.3 Å². The molecule has 0 saturated heterocycles. The third-order valence-electron chi connectivity index (χ3n) is 4.31. The van der Waals surface area contributed by atoms with Gasteiger partial charge in [-0.15, -0.1) is 22.7 Å². The number of rotatable bonds is 4. The van der Waals surface area contributed by atoms with Crippen LogP contribution in [0.15, 0.2) is 41.8 Å². The van der Waals surface area contributed by atoms with Crippen molar-refractivity contribution in [2.45, 2.75) is 12.8 Å². The number of amides is 1. The SMILES string of the molecule is N#Cc1ccsc1NC(=O)COC(=O)c1cc2c(s1)-c1ccccc1CC2. The minimum absolute atomic E-state index is 0.388. The first-order chi connectivity index (χ1) is 13.2. The van der Waals surface area contributed by atoms with E-state index in [0.717, 1.165) is 23.3 Å². The first kappa shape index (κ1) is 17.5. The van der Waals surface area contributed by atoms with Gasteiger partial charge in [-0.25, -0.2) is 4.79 Å². The molecule has 0 unspecified atom stereocenters. The standard InChI is InChI=1S/C20H14N2O3S2/c21-10-14-7-8-26-19(14)22-17(23)11-25-20(24)16-9-13-6-5-12-3-1-2-4-15(12)18(13)27-16/h1-4,7-9H,5-6,11H2,(H,22,23). The fourth-order valence-electron chi connectivity index (χ4n) is 3.03. The van der Waals surface area contributed by atoms with E-state index in [1.807, 2.05) is 24.3 Å². The summed E-state index contributed by atoms with van der Waals surface area (Å²) >= 11 is 2.65. The van der Waals surface area contributed by atoms with Gasteiger partial charge in [-0.3, -0.25) is 4.79 Å². The second-order valence-corrected chi connectivity index (χ2v) is 7.99. The highest BCUT2D eigenvalue weighted by Crippen LogP contribution is 2.39. The van der Waals surface area contributed by atoms with Gasteiger partial charge in [-0.05, 0) is 47.0 Å². The quantitative estimate of drug-likeness (QED) is 0.671. The number of benzene rings is 1. The van der Waals surface area contributed by atoms with Gasteiger partial charge in [0, 0.05) is 4.88 Å². The molecule has 134 valence electrons. The summed E-state index contributed by atoms with van der Waals surface area (Å²) in [5, 5.41) is 13.7. The largest absolute Gasteiger partial charge is 0.451 e. The van der Waals surface area contributed by atoms with E-state index in [9.17, 15) is 9.59 Å². The summed E-state index contributed by atoms with van der Waals surface area (Å²) in [6, 6.07) is 13.7. The van der Waals surface area contributed by atoms with Crippen LogP contribution in [0.5, 0.6) is 0 Å². The lowest BCUT2D eigenvalue weighted by Gasteiger charge is -2.15. The molecule has 0 atom stereocenters. The lowest BCUT2D eigenvalue weighted by atomic mass is 9.91. The fraction of sp³-hybridized carbons (Fsp3) is 0.150. The first-order valence-electron chi connectivity index (χ1n) is 8.31. The van der Waals surface area contributed by atoms with Gasteiger partial charge in [-0.1, -0.05) is 24.3 Å². The lowest BCUT2D eigenvalue weighted by Crippen LogP contribution is -2.20. The molecule has 27 heavy (non-hydrogen) atoms. The minimum Gasteiger partial charge on any atom is -0.451 e. The van der Waals surface area contributed by atoms with Gasteiger partial charge >= 0.3 is 5.97 Å². The van der Waals surface area contributed by atoms with E-state index in [1.165, 1.54) is 33.8 Å². The maximum absolute atomic E-state index is 12.4. The molecule has 5 nitrogen and oxygen atoms in total. The summed E-state index contributed by atoms with van der Waals surface area (Å²) in [6.45, 7) is -0.388. The molecule has 2 heterocycles. The zero-order valence-corrected chi connectivity index (χ0v) is 15.8. The molecule has 1 aliphatic carbocycles. The van der Waals surface area contributed by atoms with Crippen molar-refractivity contribution >= 4 is 39.6 Å². The van der Waals surface area contributed by atoms with E-state index in [4.69, 9.17) is 10.00 Å². The van der Waals surface area contributed by atoms with Gasteiger partial charge in [0.15, 0.2) is 6.61 Å². The Morgan fingerprint density at radius 1 is 1.19 bits per heavy atom. The predicted molar refractivity (Wildman–Crippen MR) is 105 cm³/mol. The van der Waals surface area contributed by atoms with Gasteiger partial charge < -0.3 is 10.1 Å². The number of hydrogen-bond donors (Lipinski definition) is 1. The van der Waals surface area contributed by atoms with Crippen molar-refractivity contribution in [2.75, 3.05) is 11.9 Å². The maximum atomic E-state index is 12.4. The molecule has 0 radical (unpaired) electrons. The highest BCUT2D eigenvalue weighted by Gasteiger charge is 2.22. The van der Waals surface area contributed by atoms with Crippen LogP contribution in [0.25, 0.3) is 10.4 Å². The Labute approximate surface area is 163 Å². The van der Waals surface area contributed by atoms with Crippen LogP contribution in [0.1, 0.15) is 26.4 Å². The van der Waals surface area contributed by atoms with Gasteiger partial charge in [0.25, 0.3) is 5.91 Å². The summed E-state index contributed by atoms with van der Waals surface area (Å²) < 4.78 is 5.16. The molecule has 2 aromatic heterocycles. The topological polar surface area (TPSA) is 79.2 Å². The number of carbonyl (C=O) groups excluding carboxylic acids is 2. The minimum atomic E-state index is -0.506. The highest BCUT2D eigenvalue weighted by atomic mass is 32.1. The Hall–Kier alpha value is -2.95. The number of esters is 1. The van der Waals surface area contributed by atoms with E-state index in [2.05, 4.69) is 17.4 Å². The van der Waals surface area contributed by atoms with E-state index < -0.39 is 11.9 Å². The van der Waals surface area contributed by atoms with Gasteiger partial charge in [-0.2, -0.15) is 5.26 Å². The van der Waals surface area contributed by atoms with Crippen LogP contribution in [0.3, 0.4) is 0 Å². The number of nitrogens with one attached hydrogen (secondary N) is 1. The van der Waals surface area contributed by atoms with E-state index in [0.29, 0.717) is 15.4 Å². The van der Waals surface area contributed by atoms with Gasteiger partial charge in [0.1, 0.15) is 15.9 Å². The molecule has 1 N–H and O–H groups in total. The van der Waals surface area contributed by atoms with E-state index >= 15 is 0 Å². The summed E-state index contributed by atoms with van der Waals surface area (Å²) in [6.07, 6.45) is 1.85. The molecule has 0 aliphatic heterocycles. The zero-order chi connectivity index (χ0) is 18.8. The molecule has 1 amide bonds. The number of fused-ring (bicyclic) bond motifs is 3. The summed E-state index contributed by atoms with van der Waals surface area (Å²) in [4.78, 5) is 25.9. The highest BCUT2D eigenvalue weighted by molar-refractivity contribution is 7.17. The number of hydrogen-bond acceptors (Lipinski definition) is 6. The molecule has 0 spiro atoms. The molecular formula is C20H14N2O3S2. The van der Waals surface area contributed by atoms with Crippen LogP contribution < -0.4 is 5.32 Å². The average molecular weight is 394 g/mol. The second-order valence-electron chi connectivity index (χ2n) is 6.02. The number of ether oxygens (including phenoxy) is 1. The van der Waals surface area contributed by atoms with Crippen LogP contribution in [-0.4, -0.2) is 18.5 Å². The first-order valence-corrected chi connectivity index (χ1v) is 10.0. The smallest absolute Gasteiger partial charge is 0.348 e. The molecule has 0 bridgehead atoms. The molecular weight excluding hydrogens is 380 g/mol.